The average molecular weight is 251 g/mol. The van der Waals surface area contributed by atoms with Crippen molar-refractivity contribution in [3.05, 3.63) is 18.5 Å². The third-order valence-corrected chi connectivity index (χ3v) is 4.06. The largest absolute Gasteiger partial charge is 0.378 e. The van der Waals surface area contributed by atoms with Crippen LogP contribution < -0.4 is 5.32 Å². The van der Waals surface area contributed by atoms with Crippen molar-refractivity contribution < 1.29 is 4.74 Å². The molecule has 102 valence electrons. The second-order valence-corrected chi connectivity index (χ2v) is 5.63. The van der Waals surface area contributed by atoms with E-state index in [0.717, 1.165) is 32.5 Å². The molecule has 1 aromatic heterocycles. The molecule has 1 N–H and O–H groups in total. The Hall–Kier alpha value is -0.870. The van der Waals surface area contributed by atoms with Crippen molar-refractivity contribution in [2.24, 2.45) is 5.41 Å². The quantitative estimate of drug-likeness (QED) is 0.754. The van der Waals surface area contributed by atoms with Gasteiger partial charge in [-0.15, -0.1) is 0 Å². The van der Waals surface area contributed by atoms with Gasteiger partial charge in [0.1, 0.15) is 0 Å². The Balaban J connectivity index is 1.63. The molecule has 1 saturated carbocycles. The lowest BCUT2D eigenvalue weighted by atomic mass is 9.64. The first-order valence-electron chi connectivity index (χ1n) is 6.97. The molecule has 0 spiro atoms. The van der Waals surface area contributed by atoms with Gasteiger partial charge in [0.15, 0.2) is 0 Å². The Morgan fingerprint density at radius 2 is 2.33 bits per heavy atom. The summed E-state index contributed by atoms with van der Waals surface area (Å²) >= 11 is 0. The molecule has 1 aliphatic rings. The predicted octanol–water partition coefficient (Wildman–Crippen LogP) is 2.07. The lowest BCUT2D eigenvalue weighted by Crippen LogP contribution is -2.61. The van der Waals surface area contributed by atoms with Crippen LogP contribution in [-0.4, -0.2) is 35.1 Å². The third kappa shape index (κ3) is 2.93. The molecular weight excluding hydrogens is 226 g/mol. The minimum Gasteiger partial charge on any atom is -0.378 e. The maximum absolute atomic E-state index is 5.73. The smallest absolute Gasteiger partial charge is 0.0655 e. The van der Waals surface area contributed by atoms with E-state index in [1.807, 2.05) is 23.1 Å². The van der Waals surface area contributed by atoms with Crippen LogP contribution >= 0.6 is 0 Å². The van der Waals surface area contributed by atoms with Crippen LogP contribution in [0.3, 0.4) is 0 Å². The van der Waals surface area contributed by atoms with Gasteiger partial charge in [0.05, 0.1) is 6.10 Å². The van der Waals surface area contributed by atoms with Crippen molar-refractivity contribution in [2.75, 3.05) is 13.2 Å². The van der Waals surface area contributed by atoms with Crippen molar-refractivity contribution in [1.29, 1.82) is 0 Å². The lowest BCUT2D eigenvalue weighted by molar-refractivity contribution is -0.114. The molecule has 2 atom stereocenters. The van der Waals surface area contributed by atoms with Gasteiger partial charge in [-0.25, -0.2) is 0 Å². The number of aryl methyl sites for hydroxylation is 1. The van der Waals surface area contributed by atoms with Gasteiger partial charge in [0.2, 0.25) is 0 Å². The van der Waals surface area contributed by atoms with Crippen LogP contribution in [0.1, 0.15) is 33.6 Å². The monoisotopic (exact) mass is 251 g/mol. The van der Waals surface area contributed by atoms with Gasteiger partial charge >= 0.3 is 0 Å². The van der Waals surface area contributed by atoms with Crippen molar-refractivity contribution >= 4 is 0 Å². The number of hydrogen-bond donors (Lipinski definition) is 1. The standard InChI is InChI=1S/C14H25N3O/c1-4-18-13-11-12(14(13,2)3)15-7-5-9-17-10-6-8-16-17/h6,8,10,12-13,15H,4-5,7,9,11H2,1-3H3. The molecular formula is C14H25N3O. The maximum atomic E-state index is 5.73. The fourth-order valence-electron chi connectivity index (χ4n) is 2.67. The first kappa shape index (κ1) is 13.6. The summed E-state index contributed by atoms with van der Waals surface area (Å²) < 4.78 is 7.72. The summed E-state index contributed by atoms with van der Waals surface area (Å²) in [5.74, 6) is 0. The highest BCUT2D eigenvalue weighted by atomic mass is 16.5. The van der Waals surface area contributed by atoms with Crippen molar-refractivity contribution in [3.8, 4) is 0 Å². The molecule has 4 nitrogen and oxygen atoms in total. The topological polar surface area (TPSA) is 39.1 Å². The maximum Gasteiger partial charge on any atom is 0.0655 e. The first-order valence-corrected chi connectivity index (χ1v) is 6.97. The van der Waals surface area contributed by atoms with Crippen molar-refractivity contribution in [1.82, 2.24) is 15.1 Å². The van der Waals surface area contributed by atoms with E-state index >= 15 is 0 Å². The number of nitrogens with one attached hydrogen (secondary N) is 1. The van der Waals surface area contributed by atoms with Crippen LogP contribution in [-0.2, 0) is 11.3 Å². The fraction of sp³-hybridized carbons (Fsp3) is 0.786. The number of rotatable bonds is 7. The minimum absolute atomic E-state index is 0.266. The number of ether oxygens (including phenoxy) is 1. The molecule has 2 rings (SSSR count). The zero-order valence-electron chi connectivity index (χ0n) is 11.7. The predicted molar refractivity (Wildman–Crippen MR) is 72.4 cm³/mol. The molecule has 18 heavy (non-hydrogen) atoms. The van der Waals surface area contributed by atoms with Gasteiger partial charge in [-0.1, -0.05) is 13.8 Å². The zero-order chi connectivity index (χ0) is 13.0. The van der Waals surface area contributed by atoms with Crippen LogP contribution in [0.25, 0.3) is 0 Å². The molecule has 0 aliphatic heterocycles. The third-order valence-electron chi connectivity index (χ3n) is 4.06. The van der Waals surface area contributed by atoms with Crippen molar-refractivity contribution in [3.63, 3.8) is 0 Å². The molecule has 0 saturated heterocycles. The summed E-state index contributed by atoms with van der Waals surface area (Å²) in [4.78, 5) is 0. The highest BCUT2D eigenvalue weighted by Gasteiger charge is 2.48. The number of aromatic nitrogens is 2. The second kappa shape index (κ2) is 5.85. The Morgan fingerprint density at radius 1 is 1.50 bits per heavy atom. The van der Waals surface area contributed by atoms with E-state index in [4.69, 9.17) is 4.74 Å². The van der Waals surface area contributed by atoms with E-state index in [2.05, 4.69) is 31.2 Å². The first-order chi connectivity index (χ1) is 8.64. The normalized spacial score (nSPS) is 25.9. The molecule has 0 amide bonds. The zero-order valence-corrected chi connectivity index (χ0v) is 11.7. The Bertz CT molecular complexity index is 348. The van der Waals surface area contributed by atoms with Gasteiger partial charge in [-0.2, -0.15) is 5.10 Å². The average Bonchev–Trinajstić information content (AvgIpc) is 2.84. The van der Waals surface area contributed by atoms with E-state index in [1.165, 1.54) is 0 Å². The molecule has 1 fully saturated rings. The fourth-order valence-corrected chi connectivity index (χ4v) is 2.67. The van der Waals surface area contributed by atoms with Crippen LogP contribution in [0.5, 0.6) is 0 Å². The number of hydrogen-bond acceptors (Lipinski definition) is 3. The lowest BCUT2D eigenvalue weighted by Gasteiger charge is -2.52. The molecule has 0 radical (unpaired) electrons. The van der Waals surface area contributed by atoms with E-state index in [-0.39, 0.29) is 5.41 Å². The summed E-state index contributed by atoms with van der Waals surface area (Å²) in [6.45, 7) is 9.51. The van der Waals surface area contributed by atoms with Crippen LogP contribution in [0.2, 0.25) is 0 Å². The second-order valence-electron chi connectivity index (χ2n) is 5.63. The molecule has 1 aromatic rings. The van der Waals surface area contributed by atoms with Gasteiger partial charge in [0.25, 0.3) is 0 Å². The van der Waals surface area contributed by atoms with Gasteiger partial charge in [-0.3, -0.25) is 4.68 Å². The van der Waals surface area contributed by atoms with Crippen molar-refractivity contribution in [2.45, 2.75) is 52.3 Å². The molecule has 0 aromatic carbocycles. The van der Waals surface area contributed by atoms with E-state index in [9.17, 15) is 0 Å². The van der Waals surface area contributed by atoms with Crippen LogP contribution in [0.15, 0.2) is 18.5 Å². The van der Waals surface area contributed by atoms with E-state index in [1.54, 1.807) is 0 Å². The minimum atomic E-state index is 0.266. The molecule has 0 bridgehead atoms. The molecule has 1 aliphatic carbocycles. The SMILES string of the molecule is CCOC1CC(NCCCn2cccn2)C1(C)C. The summed E-state index contributed by atoms with van der Waals surface area (Å²) in [5, 5.41) is 7.84. The highest BCUT2D eigenvalue weighted by molar-refractivity contribution is 5.02. The number of nitrogens with zero attached hydrogens (tertiary/aromatic N) is 2. The molecule has 2 unspecified atom stereocenters. The van der Waals surface area contributed by atoms with E-state index < -0.39 is 0 Å². The van der Waals surface area contributed by atoms with E-state index in [0.29, 0.717) is 12.1 Å². The Kier molecular flexibility index (Phi) is 4.40. The summed E-state index contributed by atoms with van der Waals surface area (Å²) in [6, 6.07) is 2.56. The molecule has 4 heteroatoms. The Morgan fingerprint density at radius 3 is 2.94 bits per heavy atom. The highest BCUT2D eigenvalue weighted by Crippen LogP contribution is 2.42. The summed E-state index contributed by atoms with van der Waals surface area (Å²) in [5.41, 5.74) is 0.266. The summed E-state index contributed by atoms with van der Waals surface area (Å²) in [7, 11) is 0. The van der Waals surface area contributed by atoms with Crippen LogP contribution in [0.4, 0.5) is 0 Å². The van der Waals surface area contributed by atoms with Gasteiger partial charge in [0, 0.05) is 37.0 Å². The molecule has 1 heterocycles. The summed E-state index contributed by atoms with van der Waals surface area (Å²) in [6.07, 6.45) is 6.52. The van der Waals surface area contributed by atoms with Crippen LogP contribution in [0, 0.1) is 5.41 Å². The van der Waals surface area contributed by atoms with Gasteiger partial charge in [-0.05, 0) is 32.4 Å². The Labute approximate surface area is 110 Å². The van der Waals surface area contributed by atoms with Gasteiger partial charge < -0.3 is 10.1 Å².